The molecular formula is C19H25FN4O2. The van der Waals surface area contributed by atoms with Gasteiger partial charge in [-0.25, -0.2) is 9.18 Å². The Balaban J connectivity index is 1.74. The first kappa shape index (κ1) is 18.4. The Bertz CT molecular complexity index is 740. The van der Waals surface area contributed by atoms with Crippen LogP contribution in [0.1, 0.15) is 37.9 Å². The Morgan fingerprint density at radius 1 is 1.38 bits per heavy atom. The normalized spacial score (nSPS) is 14.9. The second-order valence-electron chi connectivity index (χ2n) is 6.62. The van der Waals surface area contributed by atoms with E-state index in [0.29, 0.717) is 19.1 Å². The number of benzene rings is 1. The average Bonchev–Trinajstić information content (AvgIpc) is 3.35. The Hall–Kier alpha value is -2.41. The van der Waals surface area contributed by atoms with Crippen molar-refractivity contribution in [2.24, 2.45) is 0 Å². The molecule has 1 aliphatic rings. The predicted molar refractivity (Wildman–Crippen MR) is 97.2 cm³/mol. The summed E-state index contributed by atoms with van der Waals surface area (Å²) in [7, 11) is 1.34. The second kappa shape index (κ2) is 8.31. The molecule has 7 heteroatoms. The fourth-order valence-corrected chi connectivity index (χ4v) is 2.85. The van der Waals surface area contributed by atoms with Crippen molar-refractivity contribution >= 4 is 6.09 Å². The van der Waals surface area contributed by atoms with Gasteiger partial charge in [0.15, 0.2) is 0 Å². The van der Waals surface area contributed by atoms with Gasteiger partial charge in [-0.2, -0.15) is 5.10 Å². The fourth-order valence-electron chi connectivity index (χ4n) is 2.85. The number of ether oxygens (including phenoxy) is 1. The molecule has 2 aromatic rings. The van der Waals surface area contributed by atoms with Crippen LogP contribution in [0.3, 0.4) is 0 Å². The minimum absolute atomic E-state index is 0.163. The quantitative estimate of drug-likeness (QED) is 0.709. The molecule has 140 valence electrons. The third kappa shape index (κ3) is 4.82. The summed E-state index contributed by atoms with van der Waals surface area (Å²) >= 11 is 0. The van der Waals surface area contributed by atoms with Crippen LogP contribution in [0.5, 0.6) is 0 Å². The number of carbonyl (C=O) groups excluding carboxylic acids is 1. The first-order valence-corrected chi connectivity index (χ1v) is 8.98. The van der Waals surface area contributed by atoms with E-state index >= 15 is 0 Å². The summed E-state index contributed by atoms with van der Waals surface area (Å²) in [4.78, 5) is 11.1. The van der Waals surface area contributed by atoms with Crippen LogP contribution in [0.25, 0.3) is 11.3 Å². The topological polar surface area (TPSA) is 68.2 Å². The monoisotopic (exact) mass is 360 g/mol. The first-order valence-electron chi connectivity index (χ1n) is 8.98. The number of amides is 1. The summed E-state index contributed by atoms with van der Waals surface area (Å²) in [5.74, 6) is -0.258. The Morgan fingerprint density at radius 2 is 2.12 bits per heavy atom. The lowest BCUT2D eigenvalue weighted by molar-refractivity contribution is 0.170. The number of hydrogen-bond acceptors (Lipinski definition) is 4. The summed E-state index contributed by atoms with van der Waals surface area (Å²) in [6.07, 6.45) is 2.71. The van der Waals surface area contributed by atoms with Crippen molar-refractivity contribution in [3.8, 4) is 11.3 Å². The molecule has 1 heterocycles. The van der Waals surface area contributed by atoms with E-state index in [1.807, 2.05) is 4.68 Å². The highest BCUT2D eigenvalue weighted by atomic mass is 19.1. The highest BCUT2D eigenvalue weighted by Crippen LogP contribution is 2.27. The molecule has 6 nitrogen and oxygen atoms in total. The van der Waals surface area contributed by atoms with Gasteiger partial charge in [-0.05, 0) is 62.1 Å². The fraction of sp³-hybridized carbons (Fsp3) is 0.474. The zero-order valence-electron chi connectivity index (χ0n) is 15.2. The third-order valence-corrected chi connectivity index (χ3v) is 4.45. The van der Waals surface area contributed by atoms with Crippen molar-refractivity contribution in [3.63, 3.8) is 0 Å². The SMILES string of the molecule is COC(=O)NCCCn1nc(C(C)NC2CC2)cc1-c1ccc(F)cc1. The molecule has 0 aliphatic heterocycles. The van der Waals surface area contributed by atoms with Gasteiger partial charge < -0.3 is 15.4 Å². The number of nitrogens with zero attached hydrogens (tertiary/aromatic N) is 2. The van der Waals surface area contributed by atoms with E-state index < -0.39 is 6.09 Å². The van der Waals surface area contributed by atoms with Crippen LogP contribution in [0.15, 0.2) is 30.3 Å². The number of hydrogen-bond donors (Lipinski definition) is 2. The largest absolute Gasteiger partial charge is 0.453 e. The number of aryl methyl sites for hydroxylation is 1. The van der Waals surface area contributed by atoms with Gasteiger partial charge in [0.1, 0.15) is 5.82 Å². The summed E-state index contributed by atoms with van der Waals surface area (Å²) in [5, 5.41) is 11.0. The zero-order chi connectivity index (χ0) is 18.5. The van der Waals surface area contributed by atoms with Crippen molar-refractivity contribution in [2.45, 2.75) is 44.8 Å². The molecule has 1 atom stereocenters. The molecule has 1 aromatic heterocycles. The maximum absolute atomic E-state index is 13.3. The van der Waals surface area contributed by atoms with Gasteiger partial charge in [-0.3, -0.25) is 4.68 Å². The van der Waals surface area contributed by atoms with Gasteiger partial charge >= 0.3 is 6.09 Å². The highest BCUT2D eigenvalue weighted by molar-refractivity contribution is 5.66. The van der Waals surface area contributed by atoms with E-state index in [9.17, 15) is 9.18 Å². The average molecular weight is 360 g/mol. The molecule has 26 heavy (non-hydrogen) atoms. The molecule has 1 amide bonds. The van der Waals surface area contributed by atoms with Crippen molar-refractivity contribution in [2.75, 3.05) is 13.7 Å². The Labute approximate surface area is 152 Å². The maximum atomic E-state index is 13.3. The van der Waals surface area contributed by atoms with Gasteiger partial charge in [0.2, 0.25) is 0 Å². The molecule has 0 radical (unpaired) electrons. The van der Waals surface area contributed by atoms with Crippen LogP contribution >= 0.6 is 0 Å². The number of nitrogens with one attached hydrogen (secondary N) is 2. The molecule has 1 aliphatic carbocycles. The van der Waals surface area contributed by atoms with Crippen LogP contribution in [-0.2, 0) is 11.3 Å². The van der Waals surface area contributed by atoms with E-state index in [2.05, 4.69) is 28.4 Å². The smallest absolute Gasteiger partial charge is 0.406 e. The molecule has 1 saturated carbocycles. The maximum Gasteiger partial charge on any atom is 0.406 e. The van der Waals surface area contributed by atoms with E-state index in [1.54, 1.807) is 12.1 Å². The van der Waals surface area contributed by atoms with Gasteiger partial charge in [-0.1, -0.05) is 0 Å². The van der Waals surface area contributed by atoms with E-state index in [-0.39, 0.29) is 11.9 Å². The predicted octanol–water partition coefficient (Wildman–Crippen LogP) is 3.25. The van der Waals surface area contributed by atoms with Crippen molar-refractivity contribution < 1.29 is 13.9 Å². The van der Waals surface area contributed by atoms with Gasteiger partial charge in [0.25, 0.3) is 0 Å². The van der Waals surface area contributed by atoms with Gasteiger partial charge in [0, 0.05) is 25.2 Å². The second-order valence-corrected chi connectivity index (χ2v) is 6.62. The zero-order valence-corrected chi connectivity index (χ0v) is 15.2. The van der Waals surface area contributed by atoms with Crippen molar-refractivity contribution in [1.82, 2.24) is 20.4 Å². The lowest BCUT2D eigenvalue weighted by atomic mass is 10.1. The molecular weight excluding hydrogens is 335 g/mol. The minimum atomic E-state index is -0.438. The van der Waals surface area contributed by atoms with E-state index in [1.165, 1.54) is 32.1 Å². The molecule has 3 rings (SSSR count). The Morgan fingerprint density at radius 3 is 2.77 bits per heavy atom. The molecule has 0 saturated heterocycles. The number of rotatable bonds is 8. The van der Waals surface area contributed by atoms with Gasteiger partial charge in [-0.15, -0.1) is 0 Å². The summed E-state index contributed by atoms with van der Waals surface area (Å²) < 4.78 is 19.8. The summed E-state index contributed by atoms with van der Waals surface area (Å²) in [5.41, 5.74) is 2.84. The van der Waals surface area contributed by atoms with Crippen molar-refractivity contribution in [3.05, 3.63) is 41.8 Å². The molecule has 2 N–H and O–H groups in total. The lowest BCUT2D eigenvalue weighted by Crippen LogP contribution is -2.25. The van der Waals surface area contributed by atoms with E-state index in [0.717, 1.165) is 23.4 Å². The Kier molecular flexibility index (Phi) is 5.88. The third-order valence-electron chi connectivity index (χ3n) is 4.45. The molecule has 1 unspecified atom stereocenters. The number of alkyl carbamates (subject to hydrolysis) is 1. The summed E-state index contributed by atoms with van der Waals surface area (Å²) in [6, 6.07) is 9.25. The van der Waals surface area contributed by atoms with Crippen LogP contribution in [0.2, 0.25) is 0 Å². The number of methoxy groups -OCH3 is 1. The van der Waals surface area contributed by atoms with Crippen LogP contribution < -0.4 is 10.6 Å². The van der Waals surface area contributed by atoms with E-state index in [4.69, 9.17) is 5.10 Å². The highest BCUT2D eigenvalue weighted by Gasteiger charge is 2.25. The van der Waals surface area contributed by atoms with Crippen LogP contribution in [0.4, 0.5) is 9.18 Å². The molecule has 1 aromatic carbocycles. The van der Waals surface area contributed by atoms with Gasteiger partial charge in [0.05, 0.1) is 18.5 Å². The van der Waals surface area contributed by atoms with Crippen LogP contribution in [0, 0.1) is 5.82 Å². The molecule has 0 spiro atoms. The number of halogens is 1. The lowest BCUT2D eigenvalue weighted by Gasteiger charge is -2.10. The number of aromatic nitrogens is 2. The molecule has 0 bridgehead atoms. The van der Waals surface area contributed by atoms with Crippen molar-refractivity contribution in [1.29, 1.82) is 0 Å². The summed E-state index contributed by atoms with van der Waals surface area (Å²) in [6.45, 7) is 3.26. The molecule has 1 fully saturated rings. The van der Waals surface area contributed by atoms with Crippen LogP contribution in [-0.4, -0.2) is 35.6 Å². The number of carbonyl (C=O) groups is 1. The standard InChI is InChI=1S/C19H25FN4O2/c1-13(22-16-8-9-16)17-12-18(14-4-6-15(20)7-5-14)24(23-17)11-3-10-21-19(25)26-2/h4-7,12-13,16,22H,3,8-11H2,1-2H3,(H,21,25). The minimum Gasteiger partial charge on any atom is -0.453 e. The first-order chi connectivity index (χ1) is 12.6.